The minimum Gasteiger partial charge on any atom is -0.739 e. The second kappa shape index (κ2) is 3.80. The molecule has 0 aliphatic rings. The van der Waals surface area contributed by atoms with E-state index in [4.69, 9.17) is 12.6 Å². The van der Waals surface area contributed by atoms with Crippen molar-refractivity contribution in [3.05, 3.63) is 0 Å². The van der Waals surface area contributed by atoms with E-state index in [2.05, 4.69) is 15.5 Å². The van der Waals surface area contributed by atoms with E-state index in [9.17, 15) is 0 Å². The number of nitrogens with zero attached hydrogens (tertiary/aromatic N) is 4. The molecule has 0 spiro atoms. The Hall–Kier alpha value is 0.290. The van der Waals surface area contributed by atoms with Crippen LogP contribution >= 0.6 is 0 Å². The van der Waals surface area contributed by atoms with Crippen molar-refractivity contribution in [3.63, 3.8) is 0 Å². The van der Waals surface area contributed by atoms with Crippen LogP contribution in [0.4, 0.5) is 0 Å². The number of tetrazole rings is 1. The van der Waals surface area contributed by atoms with Crippen molar-refractivity contribution in [2.45, 2.75) is 31.5 Å². The van der Waals surface area contributed by atoms with E-state index < -0.39 is 0 Å². The van der Waals surface area contributed by atoms with Gasteiger partial charge in [-0.25, -0.2) is 4.68 Å². The van der Waals surface area contributed by atoms with Crippen LogP contribution in [0.2, 0.25) is 0 Å². The van der Waals surface area contributed by atoms with Crippen LogP contribution in [0.25, 0.3) is 0 Å². The molecule has 0 unspecified atom stereocenters. The smallest absolute Gasteiger partial charge is 0.739 e. The van der Waals surface area contributed by atoms with Crippen molar-refractivity contribution in [2.75, 3.05) is 0 Å². The summed E-state index contributed by atoms with van der Waals surface area (Å²) in [4.78, 5) is 0. The average Bonchev–Trinajstić information content (AvgIpc) is 2.11. The number of hydrogen-bond donors (Lipinski definition) is 0. The van der Waals surface area contributed by atoms with Crippen molar-refractivity contribution in [1.82, 2.24) is 20.2 Å². The van der Waals surface area contributed by atoms with Crippen LogP contribution in [0.5, 0.6) is 0 Å². The molecule has 0 aromatic carbocycles. The summed E-state index contributed by atoms with van der Waals surface area (Å²) in [5.41, 5.74) is -0.111. The molecule has 1 heterocycles. The van der Waals surface area contributed by atoms with E-state index in [0.29, 0.717) is 5.16 Å². The molecule has 1 aromatic heterocycles. The summed E-state index contributed by atoms with van der Waals surface area (Å²) in [6.07, 6.45) is 0. The molecule has 0 saturated carbocycles. The van der Waals surface area contributed by atoms with E-state index in [-0.39, 0.29) is 35.1 Å². The zero-order valence-electron chi connectivity index (χ0n) is 7.20. The van der Waals surface area contributed by atoms with Crippen LogP contribution in [0.15, 0.2) is 5.16 Å². The molecular formula is C5H9N4NaS. The van der Waals surface area contributed by atoms with Gasteiger partial charge in [0.15, 0.2) is 0 Å². The largest absolute Gasteiger partial charge is 1.00 e. The van der Waals surface area contributed by atoms with Gasteiger partial charge in [-0.2, -0.15) is 0 Å². The topological polar surface area (TPSA) is 43.6 Å². The van der Waals surface area contributed by atoms with E-state index in [1.54, 1.807) is 4.68 Å². The molecule has 4 nitrogen and oxygen atoms in total. The Morgan fingerprint density at radius 3 is 2.09 bits per heavy atom. The number of hydrogen-bond acceptors (Lipinski definition) is 4. The van der Waals surface area contributed by atoms with Gasteiger partial charge in [0.05, 0.1) is 5.54 Å². The van der Waals surface area contributed by atoms with Gasteiger partial charge in [-0.3, -0.25) is 0 Å². The maximum Gasteiger partial charge on any atom is 1.00 e. The Bertz CT molecular complexity index is 229. The van der Waals surface area contributed by atoms with Crippen LogP contribution < -0.4 is 29.6 Å². The van der Waals surface area contributed by atoms with E-state index >= 15 is 0 Å². The van der Waals surface area contributed by atoms with Crippen molar-refractivity contribution >= 4 is 12.6 Å². The molecule has 1 rings (SSSR count). The minimum absolute atomic E-state index is 0. The third-order valence-corrected chi connectivity index (χ3v) is 1.33. The molecule has 11 heavy (non-hydrogen) atoms. The van der Waals surface area contributed by atoms with Crippen molar-refractivity contribution in [2.24, 2.45) is 0 Å². The zero-order valence-corrected chi connectivity index (χ0v) is 10.0. The van der Waals surface area contributed by atoms with Gasteiger partial charge in [-0.05, 0) is 31.2 Å². The fourth-order valence-electron chi connectivity index (χ4n) is 0.600. The monoisotopic (exact) mass is 180 g/mol. The fraction of sp³-hybridized carbons (Fsp3) is 0.800. The maximum absolute atomic E-state index is 4.86. The minimum atomic E-state index is -0.111. The van der Waals surface area contributed by atoms with Gasteiger partial charge in [-0.15, -0.1) is 5.10 Å². The molecular weight excluding hydrogens is 171 g/mol. The van der Waals surface area contributed by atoms with Gasteiger partial charge < -0.3 is 12.6 Å². The van der Waals surface area contributed by atoms with Gasteiger partial charge >= 0.3 is 29.6 Å². The average molecular weight is 180 g/mol. The summed E-state index contributed by atoms with van der Waals surface area (Å²) in [7, 11) is 0. The van der Waals surface area contributed by atoms with Crippen LogP contribution in [0.3, 0.4) is 0 Å². The summed E-state index contributed by atoms with van der Waals surface area (Å²) < 4.78 is 1.61. The van der Waals surface area contributed by atoms with Gasteiger partial charge in [0.1, 0.15) is 0 Å². The Labute approximate surface area is 93.4 Å². The molecule has 0 bridgehead atoms. The van der Waals surface area contributed by atoms with Crippen LogP contribution in [-0.2, 0) is 18.2 Å². The molecule has 0 atom stereocenters. The van der Waals surface area contributed by atoms with E-state index in [1.165, 1.54) is 0 Å². The normalized spacial score (nSPS) is 10.8. The van der Waals surface area contributed by atoms with Crippen LogP contribution in [-0.4, -0.2) is 20.2 Å². The summed E-state index contributed by atoms with van der Waals surface area (Å²) in [5, 5.41) is 11.2. The first-order valence-corrected chi connectivity index (χ1v) is 3.38. The van der Waals surface area contributed by atoms with E-state index in [0.717, 1.165) is 0 Å². The molecule has 0 aliphatic carbocycles. The first-order chi connectivity index (χ1) is 4.52. The number of aromatic nitrogens is 4. The second-order valence-electron chi connectivity index (χ2n) is 3.04. The third-order valence-electron chi connectivity index (χ3n) is 1.08. The molecule has 0 fully saturated rings. The SMILES string of the molecule is CC(C)(C)n1nnnc1[S-].[Na+]. The first kappa shape index (κ1) is 11.3. The molecule has 0 amide bonds. The molecule has 56 valence electrons. The second-order valence-corrected chi connectivity index (χ2v) is 3.41. The predicted octanol–water partition coefficient (Wildman–Crippen LogP) is -2.66. The molecule has 6 heteroatoms. The zero-order chi connectivity index (χ0) is 7.78. The predicted molar refractivity (Wildman–Crippen MR) is 38.4 cm³/mol. The summed E-state index contributed by atoms with van der Waals surface area (Å²) in [6, 6.07) is 0. The first-order valence-electron chi connectivity index (χ1n) is 2.97. The van der Waals surface area contributed by atoms with Crippen molar-refractivity contribution < 1.29 is 29.6 Å². The van der Waals surface area contributed by atoms with Gasteiger partial charge in [0, 0.05) is 5.16 Å². The Kier molecular flexibility index (Phi) is 3.90. The maximum atomic E-state index is 4.86. The quantitative estimate of drug-likeness (QED) is 0.323. The fourth-order valence-corrected chi connectivity index (χ4v) is 0.947. The van der Waals surface area contributed by atoms with Crippen molar-refractivity contribution in [3.8, 4) is 0 Å². The van der Waals surface area contributed by atoms with Gasteiger partial charge in [0.25, 0.3) is 0 Å². The molecule has 0 radical (unpaired) electrons. The summed E-state index contributed by atoms with van der Waals surface area (Å²) >= 11 is 4.86. The standard InChI is InChI=1S/C5H10N4S.Na/c1-5(2,3)9-4(10)6-7-8-9;/h1-3H3,(H,6,8,10);/q;+1/p-1. The van der Waals surface area contributed by atoms with Crippen molar-refractivity contribution in [1.29, 1.82) is 0 Å². The van der Waals surface area contributed by atoms with Crippen LogP contribution in [0, 0.1) is 0 Å². The Morgan fingerprint density at radius 1 is 1.36 bits per heavy atom. The molecule has 0 aliphatic heterocycles. The van der Waals surface area contributed by atoms with Gasteiger partial charge in [-0.1, -0.05) is 0 Å². The van der Waals surface area contributed by atoms with Gasteiger partial charge in [0.2, 0.25) is 0 Å². The Morgan fingerprint density at radius 2 is 1.91 bits per heavy atom. The molecule has 0 saturated heterocycles. The Balaban J connectivity index is 0.000001000. The number of rotatable bonds is 0. The summed E-state index contributed by atoms with van der Waals surface area (Å²) in [6.45, 7) is 6.00. The molecule has 0 N–H and O–H groups in total. The molecule has 1 aromatic rings. The third kappa shape index (κ3) is 2.66. The van der Waals surface area contributed by atoms with E-state index in [1.807, 2.05) is 20.8 Å². The summed E-state index contributed by atoms with van der Waals surface area (Å²) in [5.74, 6) is 0. The van der Waals surface area contributed by atoms with Crippen LogP contribution in [0.1, 0.15) is 20.8 Å².